The van der Waals surface area contributed by atoms with Gasteiger partial charge in [-0.1, -0.05) is 23.4 Å². The third-order valence-electron chi connectivity index (χ3n) is 1.86. The van der Waals surface area contributed by atoms with Gasteiger partial charge in [-0.2, -0.15) is 0 Å². The van der Waals surface area contributed by atoms with Gasteiger partial charge in [0.15, 0.2) is 0 Å². The molecule has 0 saturated heterocycles. The van der Waals surface area contributed by atoms with Crippen LogP contribution in [-0.4, -0.2) is 24.9 Å². The van der Waals surface area contributed by atoms with Crippen LogP contribution in [0.2, 0.25) is 5.02 Å². The lowest BCUT2D eigenvalue weighted by molar-refractivity contribution is 0.187. The summed E-state index contributed by atoms with van der Waals surface area (Å²) in [7, 11) is 1.28. The second-order valence-electron chi connectivity index (χ2n) is 3.08. The van der Waals surface area contributed by atoms with Gasteiger partial charge in [-0.25, -0.2) is 4.79 Å². The number of halogens is 1. The van der Waals surface area contributed by atoms with E-state index >= 15 is 0 Å². The number of aliphatic hydroxyl groups excluding tert-OH is 1. The first-order chi connectivity index (χ1) is 8.17. The molecule has 0 heterocycles. The Balaban J connectivity index is 2.96. The molecule has 0 aliphatic carbocycles. The van der Waals surface area contributed by atoms with Crippen molar-refractivity contribution >= 4 is 23.4 Å². The van der Waals surface area contributed by atoms with Crippen LogP contribution in [0.5, 0.6) is 0 Å². The molecule has 2 N–H and O–H groups in total. The molecular formula is C12H12ClNO3. The predicted octanol–water partition coefficient (Wildman–Crippen LogP) is 2.25. The molecule has 0 aliphatic heterocycles. The first-order valence-electron chi connectivity index (χ1n) is 4.91. The maximum atomic E-state index is 11.1. The zero-order chi connectivity index (χ0) is 12.7. The Kier molecular flexibility index (Phi) is 5.34. The van der Waals surface area contributed by atoms with Crippen molar-refractivity contribution in [3.63, 3.8) is 0 Å². The summed E-state index contributed by atoms with van der Waals surface area (Å²) in [6.07, 6.45) is -0.206. The molecule has 0 atom stereocenters. The lowest BCUT2D eigenvalue weighted by Gasteiger charge is -2.06. The average molecular weight is 254 g/mol. The predicted molar refractivity (Wildman–Crippen MR) is 66.1 cm³/mol. The van der Waals surface area contributed by atoms with E-state index in [1.165, 1.54) is 7.11 Å². The van der Waals surface area contributed by atoms with Gasteiger partial charge in [-0.3, -0.25) is 5.32 Å². The molecule has 0 radical (unpaired) electrons. The van der Waals surface area contributed by atoms with Crippen molar-refractivity contribution < 1.29 is 14.6 Å². The molecule has 90 valence electrons. The van der Waals surface area contributed by atoms with Gasteiger partial charge in [-0.15, -0.1) is 0 Å². The number of ether oxygens (including phenoxy) is 1. The van der Waals surface area contributed by atoms with Crippen LogP contribution >= 0.6 is 11.6 Å². The van der Waals surface area contributed by atoms with E-state index in [4.69, 9.17) is 16.7 Å². The van der Waals surface area contributed by atoms with E-state index < -0.39 is 6.09 Å². The number of hydrogen-bond acceptors (Lipinski definition) is 3. The second-order valence-corrected chi connectivity index (χ2v) is 3.52. The van der Waals surface area contributed by atoms with E-state index in [0.717, 1.165) is 0 Å². The number of aliphatic hydroxyl groups is 1. The second kappa shape index (κ2) is 6.79. The van der Waals surface area contributed by atoms with Gasteiger partial charge in [0.1, 0.15) is 0 Å². The van der Waals surface area contributed by atoms with Crippen LogP contribution in [0.15, 0.2) is 18.2 Å². The zero-order valence-corrected chi connectivity index (χ0v) is 10.0. The zero-order valence-electron chi connectivity index (χ0n) is 9.29. The standard InChI is InChI=1S/C12H12ClNO3/c1-17-12(16)14-11-6-5-10(13)8-9(11)4-2-3-7-15/h5-6,8,15H,3,7H2,1H3,(H,14,16). The third kappa shape index (κ3) is 4.35. The third-order valence-corrected chi connectivity index (χ3v) is 2.10. The molecule has 17 heavy (non-hydrogen) atoms. The maximum Gasteiger partial charge on any atom is 0.411 e. The highest BCUT2D eigenvalue weighted by molar-refractivity contribution is 6.30. The monoisotopic (exact) mass is 253 g/mol. The molecule has 0 bridgehead atoms. The quantitative estimate of drug-likeness (QED) is 0.795. The number of carbonyl (C=O) groups excluding carboxylic acids is 1. The minimum absolute atomic E-state index is 0.00662. The minimum Gasteiger partial charge on any atom is -0.453 e. The molecule has 1 aromatic rings. The van der Waals surface area contributed by atoms with Crippen molar-refractivity contribution in [1.29, 1.82) is 0 Å². The number of carbonyl (C=O) groups is 1. The fourth-order valence-electron chi connectivity index (χ4n) is 1.10. The Morgan fingerprint density at radius 1 is 1.59 bits per heavy atom. The molecule has 1 amide bonds. The number of amides is 1. The van der Waals surface area contributed by atoms with Crippen molar-refractivity contribution in [1.82, 2.24) is 0 Å². The molecule has 0 unspecified atom stereocenters. The Labute approximate surface area is 105 Å². The van der Waals surface area contributed by atoms with Crippen LogP contribution in [0.3, 0.4) is 0 Å². The molecule has 0 aromatic heterocycles. The molecule has 1 aromatic carbocycles. The van der Waals surface area contributed by atoms with E-state index in [0.29, 0.717) is 22.7 Å². The summed E-state index contributed by atoms with van der Waals surface area (Å²) in [5, 5.41) is 11.7. The van der Waals surface area contributed by atoms with E-state index in [1.807, 2.05) is 0 Å². The Bertz CT molecular complexity index is 463. The van der Waals surface area contributed by atoms with E-state index in [1.54, 1.807) is 18.2 Å². The number of methoxy groups -OCH3 is 1. The fourth-order valence-corrected chi connectivity index (χ4v) is 1.28. The first kappa shape index (κ1) is 13.4. The van der Waals surface area contributed by atoms with Gasteiger partial charge < -0.3 is 9.84 Å². The number of nitrogens with one attached hydrogen (secondary N) is 1. The molecule has 0 aliphatic rings. The summed E-state index contributed by atoms with van der Waals surface area (Å²) >= 11 is 5.84. The summed E-state index contributed by atoms with van der Waals surface area (Å²) < 4.78 is 4.49. The summed E-state index contributed by atoms with van der Waals surface area (Å²) in [5.74, 6) is 5.58. The molecule has 4 nitrogen and oxygen atoms in total. The Hall–Kier alpha value is -1.70. The summed E-state index contributed by atoms with van der Waals surface area (Å²) in [6, 6.07) is 4.92. The highest BCUT2D eigenvalue weighted by atomic mass is 35.5. The lowest BCUT2D eigenvalue weighted by atomic mass is 10.2. The molecule has 0 saturated carbocycles. The molecule has 5 heteroatoms. The normalized spacial score (nSPS) is 9.12. The largest absolute Gasteiger partial charge is 0.453 e. The minimum atomic E-state index is -0.572. The van der Waals surface area contributed by atoms with Gasteiger partial charge in [0.05, 0.1) is 19.4 Å². The first-order valence-corrected chi connectivity index (χ1v) is 5.29. The molecule has 1 rings (SSSR count). The van der Waals surface area contributed by atoms with Crippen LogP contribution in [0.1, 0.15) is 12.0 Å². The smallest absolute Gasteiger partial charge is 0.411 e. The van der Waals surface area contributed by atoms with Gasteiger partial charge in [0.25, 0.3) is 0 Å². The van der Waals surface area contributed by atoms with Gasteiger partial charge >= 0.3 is 6.09 Å². The highest BCUT2D eigenvalue weighted by Gasteiger charge is 2.05. The molecular weight excluding hydrogens is 242 g/mol. The Morgan fingerprint density at radius 3 is 3.00 bits per heavy atom. The van der Waals surface area contributed by atoms with Crippen LogP contribution < -0.4 is 5.32 Å². The van der Waals surface area contributed by atoms with Gasteiger partial charge in [0.2, 0.25) is 0 Å². The van der Waals surface area contributed by atoms with E-state index in [2.05, 4.69) is 21.9 Å². The van der Waals surface area contributed by atoms with Crippen molar-refractivity contribution in [3.05, 3.63) is 28.8 Å². The number of rotatable bonds is 2. The highest BCUT2D eigenvalue weighted by Crippen LogP contribution is 2.20. The van der Waals surface area contributed by atoms with Crippen molar-refractivity contribution in [2.24, 2.45) is 0 Å². The van der Waals surface area contributed by atoms with Gasteiger partial charge in [0, 0.05) is 17.0 Å². The summed E-state index contributed by atoms with van der Waals surface area (Å²) in [6.45, 7) is -0.00662. The van der Waals surface area contributed by atoms with Gasteiger partial charge in [-0.05, 0) is 18.2 Å². The maximum absolute atomic E-state index is 11.1. The van der Waals surface area contributed by atoms with Crippen molar-refractivity contribution in [3.8, 4) is 11.8 Å². The number of benzene rings is 1. The Morgan fingerprint density at radius 2 is 2.35 bits per heavy atom. The van der Waals surface area contributed by atoms with Crippen LogP contribution in [-0.2, 0) is 4.74 Å². The van der Waals surface area contributed by atoms with Crippen molar-refractivity contribution in [2.75, 3.05) is 19.0 Å². The van der Waals surface area contributed by atoms with Crippen molar-refractivity contribution in [2.45, 2.75) is 6.42 Å². The van der Waals surface area contributed by atoms with Crippen LogP contribution in [0.4, 0.5) is 10.5 Å². The van der Waals surface area contributed by atoms with E-state index in [9.17, 15) is 4.79 Å². The molecule has 0 fully saturated rings. The average Bonchev–Trinajstić information content (AvgIpc) is 2.32. The number of anilines is 1. The summed E-state index contributed by atoms with van der Waals surface area (Å²) in [5.41, 5.74) is 1.10. The fraction of sp³-hybridized carbons (Fsp3) is 0.250. The molecule has 0 spiro atoms. The summed E-state index contributed by atoms with van der Waals surface area (Å²) in [4.78, 5) is 11.1. The topological polar surface area (TPSA) is 58.6 Å². The lowest BCUT2D eigenvalue weighted by Crippen LogP contribution is -2.11. The SMILES string of the molecule is COC(=O)Nc1ccc(Cl)cc1C#CCCO. The number of hydrogen-bond donors (Lipinski definition) is 2. The van der Waals surface area contributed by atoms with Crippen LogP contribution in [0, 0.1) is 11.8 Å². The van der Waals surface area contributed by atoms with E-state index in [-0.39, 0.29) is 6.61 Å². The van der Waals surface area contributed by atoms with Crippen LogP contribution in [0.25, 0.3) is 0 Å².